The molecule has 5 heteroatoms. The molecule has 0 saturated carbocycles. The van der Waals surface area contributed by atoms with Gasteiger partial charge in [-0.25, -0.2) is 4.79 Å². The first-order valence-electron chi connectivity index (χ1n) is 7.52. The number of hydrogen-bond acceptors (Lipinski definition) is 3. The van der Waals surface area contributed by atoms with E-state index in [0.29, 0.717) is 12.8 Å². The maximum atomic E-state index is 12.4. The predicted molar refractivity (Wildman–Crippen MR) is 82.3 cm³/mol. The predicted octanol–water partition coefficient (Wildman–Crippen LogP) is 2.52. The minimum Gasteiger partial charge on any atom is -0.479 e. The molecule has 2 N–H and O–H groups in total. The monoisotopic (exact) mass is 305 g/mol. The van der Waals surface area contributed by atoms with Crippen molar-refractivity contribution in [1.82, 2.24) is 5.32 Å². The summed E-state index contributed by atoms with van der Waals surface area (Å²) in [5, 5.41) is 12.0. The first-order chi connectivity index (χ1) is 10.3. The van der Waals surface area contributed by atoms with Gasteiger partial charge in [0.05, 0.1) is 6.04 Å². The number of aliphatic carboxylic acids is 1. The number of carbonyl (C=O) groups excluding carboxylic acids is 1. The quantitative estimate of drug-likeness (QED) is 0.896. The van der Waals surface area contributed by atoms with E-state index in [1.165, 1.54) is 0 Å². The van der Waals surface area contributed by atoms with E-state index in [0.717, 1.165) is 5.56 Å². The van der Waals surface area contributed by atoms with E-state index in [1.807, 2.05) is 30.3 Å². The molecule has 1 amide bonds. The van der Waals surface area contributed by atoms with Crippen LogP contribution in [0.5, 0.6) is 0 Å². The fourth-order valence-electron chi connectivity index (χ4n) is 2.69. The number of ether oxygens (including phenoxy) is 1. The normalized spacial score (nSPS) is 23.0. The highest BCUT2D eigenvalue weighted by molar-refractivity contribution is 5.83. The highest BCUT2D eigenvalue weighted by Crippen LogP contribution is 2.33. The number of hydrogen-bond donors (Lipinski definition) is 2. The van der Waals surface area contributed by atoms with Gasteiger partial charge in [0.25, 0.3) is 0 Å². The van der Waals surface area contributed by atoms with Crippen molar-refractivity contribution >= 4 is 11.9 Å². The SMILES string of the molecule is CC(C)(C)C(NC(=O)[C@@H]1CC[C@H](C(=O)O)O1)c1ccccc1. The zero-order chi connectivity index (χ0) is 16.3. The van der Waals surface area contributed by atoms with Crippen molar-refractivity contribution in [1.29, 1.82) is 0 Å². The summed E-state index contributed by atoms with van der Waals surface area (Å²) in [6, 6.07) is 9.60. The Morgan fingerprint density at radius 3 is 2.27 bits per heavy atom. The lowest BCUT2D eigenvalue weighted by atomic mass is 9.82. The van der Waals surface area contributed by atoms with Crippen LogP contribution < -0.4 is 5.32 Å². The Morgan fingerprint density at radius 1 is 1.18 bits per heavy atom. The maximum absolute atomic E-state index is 12.4. The summed E-state index contributed by atoms with van der Waals surface area (Å²) in [7, 11) is 0. The van der Waals surface area contributed by atoms with Gasteiger partial charge in [0.15, 0.2) is 6.10 Å². The maximum Gasteiger partial charge on any atom is 0.332 e. The summed E-state index contributed by atoms with van der Waals surface area (Å²) in [6.45, 7) is 6.17. The van der Waals surface area contributed by atoms with E-state index in [1.54, 1.807) is 0 Å². The third-order valence-corrected chi connectivity index (χ3v) is 3.87. The van der Waals surface area contributed by atoms with E-state index in [2.05, 4.69) is 26.1 Å². The lowest BCUT2D eigenvalue weighted by Gasteiger charge is -2.32. The van der Waals surface area contributed by atoms with Crippen LogP contribution in [-0.2, 0) is 14.3 Å². The molecule has 0 aromatic heterocycles. The van der Waals surface area contributed by atoms with Crippen LogP contribution in [0.25, 0.3) is 0 Å². The molecule has 2 rings (SSSR count). The molecule has 0 aliphatic carbocycles. The van der Waals surface area contributed by atoms with Gasteiger partial charge < -0.3 is 15.2 Å². The van der Waals surface area contributed by atoms with Gasteiger partial charge in [0.2, 0.25) is 5.91 Å². The molecule has 1 aliphatic heterocycles. The Morgan fingerprint density at radius 2 is 1.77 bits per heavy atom. The Balaban J connectivity index is 2.09. The fourth-order valence-corrected chi connectivity index (χ4v) is 2.69. The van der Waals surface area contributed by atoms with Crippen LogP contribution in [0.15, 0.2) is 30.3 Å². The number of carbonyl (C=O) groups is 2. The Kier molecular flexibility index (Phi) is 4.86. The van der Waals surface area contributed by atoms with E-state index >= 15 is 0 Å². The summed E-state index contributed by atoms with van der Waals surface area (Å²) in [5.74, 6) is -1.25. The van der Waals surface area contributed by atoms with E-state index in [9.17, 15) is 9.59 Å². The summed E-state index contributed by atoms with van der Waals surface area (Å²) in [4.78, 5) is 23.3. The number of rotatable bonds is 4. The Labute approximate surface area is 130 Å². The van der Waals surface area contributed by atoms with Gasteiger partial charge in [0, 0.05) is 0 Å². The van der Waals surface area contributed by atoms with Crippen LogP contribution in [0.4, 0.5) is 0 Å². The summed E-state index contributed by atoms with van der Waals surface area (Å²) >= 11 is 0. The van der Waals surface area contributed by atoms with Crippen molar-refractivity contribution in [2.24, 2.45) is 5.41 Å². The number of nitrogens with one attached hydrogen (secondary N) is 1. The van der Waals surface area contributed by atoms with E-state index in [-0.39, 0.29) is 17.4 Å². The van der Waals surface area contributed by atoms with Gasteiger partial charge in [0.1, 0.15) is 6.10 Å². The second-order valence-electron chi connectivity index (χ2n) is 6.75. The second kappa shape index (κ2) is 6.48. The van der Waals surface area contributed by atoms with Crippen LogP contribution >= 0.6 is 0 Å². The first kappa shape index (κ1) is 16.5. The molecule has 5 nitrogen and oxygen atoms in total. The molecule has 1 fully saturated rings. The number of amides is 1. The van der Waals surface area contributed by atoms with Crippen molar-refractivity contribution in [3.05, 3.63) is 35.9 Å². The van der Waals surface area contributed by atoms with Crippen LogP contribution in [0.1, 0.15) is 45.2 Å². The van der Waals surface area contributed by atoms with Crippen molar-refractivity contribution in [3.63, 3.8) is 0 Å². The van der Waals surface area contributed by atoms with E-state index < -0.39 is 18.2 Å². The Hall–Kier alpha value is -1.88. The minimum atomic E-state index is -1.01. The number of carboxylic acids is 1. The van der Waals surface area contributed by atoms with Crippen molar-refractivity contribution in [2.45, 2.75) is 51.9 Å². The number of carboxylic acid groups (broad SMARTS) is 1. The molecule has 0 radical (unpaired) electrons. The molecule has 0 bridgehead atoms. The molecule has 1 heterocycles. The fraction of sp³-hybridized carbons (Fsp3) is 0.529. The molecule has 120 valence electrons. The van der Waals surface area contributed by atoms with Gasteiger partial charge in [-0.1, -0.05) is 51.1 Å². The standard InChI is InChI=1S/C17H23NO4/c1-17(2,3)14(11-7-5-4-6-8-11)18-15(19)12-9-10-13(22-12)16(20)21/h4-8,12-14H,9-10H2,1-3H3,(H,18,19)(H,20,21)/t12-,13+,14?/m0/s1. The molecule has 1 aromatic carbocycles. The van der Waals surface area contributed by atoms with Crippen LogP contribution in [0.2, 0.25) is 0 Å². The van der Waals surface area contributed by atoms with Crippen LogP contribution in [0.3, 0.4) is 0 Å². The highest BCUT2D eigenvalue weighted by atomic mass is 16.5. The molecule has 1 aliphatic rings. The van der Waals surface area contributed by atoms with E-state index in [4.69, 9.17) is 9.84 Å². The van der Waals surface area contributed by atoms with Crippen molar-refractivity contribution in [2.75, 3.05) is 0 Å². The van der Waals surface area contributed by atoms with Crippen LogP contribution in [0, 0.1) is 5.41 Å². The summed E-state index contributed by atoms with van der Waals surface area (Å²) < 4.78 is 5.32. The van der Waals surface area contributed by atoms with Gasteiger partial charge in [-0.3, -0.25) is 4.79 Å². The Bertz CT molecular complexity index is 535. The first-order valence-corrected chi connectivity index (χ1v) is 7.52. The largest absolute Gasteiger partial charge is 0.479 e. The van der Waals surface area contributed by atoms with Crippen molar-refractivity contribution in [3.8, 4) is 0 Å². The lowest BCUT2D eigenvalue weighted by molar-refractivity contribution is -0.152. The van der Waals surface area contributed by atoms with Gasteiger partial charge in [-0.05, 0) is 23.8 Å². The molecule has 1 saturated heterocycles. The molecular formula is C17H23NO4. The molecule has 22 heavy (non-hydrogen) atoms. The zero-order valence-corrected chi connectivity index (χ0v) is 13.2. The van der Waals surface area contributed by atoms with Gasteiger partial charge in [-0.2, -0.15) is 0 Å². The number of benzene rings is 1. The summed E-state index contributed by atoms with van der Waals surface area (Å²) in [5.41, 5.74) is 0.859. The van der Waals surface area contributed by atoms with Crippen molar-refractivity contribution < 1.29 is 19.4 Å². The summed E-state index contributed by atoms with van der Waals surface area (Å²) in [6.07, 6.45) is -0.747. The smallest absolute Gasteiger partial charge is 0.332 e. The molecule has 1 aromatic rings. The molecule has 3 atom stereocenters. The second-order valence-corrected chi connectivity index (χ2v) is 6.75. The lowest BCUT2D eigenvalue weighted by Crippen LogP contribution is -2.42. The average molecular weight is 305 g/mol. The third-order valence-electron chi connectivity index (χ3n) is 3.87. The zero-order valence-electron chi connectivity index (χ0n) is 13.2. The average Bonchev–Trinajstić information content (AvgIpc) is 2.94. The highest BCUT2D eigenvalue weighted by Gasteiger charge is 2.37. The van der Waals surface area contributed by atoms with Gasteiger partial charge in [-0.15, -0.1) is 0 Å². The minimum absolute atomic E-state index is 0.159. The third kappa shape index (κ3) is 3.85. The topological polar surface area (TPSA) is 75.6 Å². The van der Waals surface area contributed by atoms with Gasteiger partial charge >= 0.3 is 5.97 Å². The van der Waals surface area contributed by atoms with Crippen LogP contribution in [-0.4, -0.2) is 29.2 Å². The molecular weight excluding hydrogens is 282 g/mol. The molecule has 1 unspecified atom stereocenters. The molecule has 0 spiro atoms.